The lowest BCUT2D eigenvalue weighted by Gasteiger charge is -2.25. The maximum absolute atomic E-state index is 12.5. The number of hydrogen-bond acceptors (Lipinski definition) is 4. The molecule has 152 valence electrons. The average molecular weight is 394 g/mol. The number of piperazine rings is 1. The predicted molar refractivity (Wildman–Crippen MR) is 110 cm³/mol. The first-order valence-electron chi connectivity index (χ1n) is 9.79. The van der Waals surface area contributed by atoms with Crippen LogP contribution in [0.3, 0.4) is 0 Å². The first-order valence-corrected chi connectivity index (χ1v) is 9.79. The molecule has 1 N–H and O–H groups in total. The Hall–Kier alpha value is -3.22. The van der Waals surface area contributed by atoms with Gasteiger partial charge in [0.25, 0.3) is 5.91 Å². The van der Waals surface area contributed by atoms with Gasteiger partial charge in [-0.15, -0.1) is 0 Å². The van der Waals surface area contributed by atoms with E-state index in [2.05, 4.69) is 40.8 Å². The number of carbonyl (C=O) groups excluding carboxylic acids is 3. The fraction of sp³-hybridized carbons (Fsp3) is 0.364. The molecule has 29 heavy (non-hydrogen) atoms. The van der Waals surface area contributed by atoms with E-state index in [9.17, 15) is 14.4 Å². The van der Waals surface area contributed by atoms with E-state index in [0.717, 1.165) is 30.0 Å². The van der Waals surface area contributed by atoms with Gasteiger partial charge in [0, 0.05) is 19.2 Å². The number of amides is 3. The summed E-state index contributed by atoms with van der Waals surface area (Å²) in [6, 6.07) is 10.3. The van der Waals surface area contributed by atoms with Gasteiger partial charge in [0.15, 0.2) is 0 Å². The summed E-state index contributed by atoms with van der Waals surface area (Å²) < 4.78 is 2.10. The molecule has 0 spiro atoms. The van der Waals surface area contributed by atoms with Crippen LogP contribution in [0.15, 0.2) is 42.4 Å². The van der Waals surface area contributed by atoms with E-state index < -0.39 is 11.8 Å². The minimum Gasteiger partial charge on any atom is -0.334 e. The van der Waals surface area contributed by atoms with Crippen molar-refractivity contribution in [1.82, 2.24) is 19.8 Å². The zero-order valence-electron chi connectivity index (χ0n) is 17.0. The van der Waals surface area contributed by atoms with Gasteiger partial charge in [-0.3, -0.25) is 19.3 Å². The molecule has 7 heteroatoms. The Morgan fingerprint density at radius 3 is 2.62 bits per heavy atom. The summed E-state index contributed by atoms with van der Waals surface area (Å²) in [7, 11) is 0. The third-order valence-corrected chi connectivity index (χ3v) is 4.87. The van der Waals surface area contributed by atoms with Crippen molar-refractivity contribution in [2.45, 2.75) is 46.1 Å². The van der Waals surface area contributed by atoms with Crippen LogP contribution >= 0.6 is 0 Å². The highest BCUT2D eigenvalue weighted by molar-refractivity contribution is 6.12. The highest BCUT2D eigenvalue weighted by Crippen LogP contribution is 2.22. The maximum Gasteiger partial charge on any atom is 0.277 e. The van der Waals surface area contributed by atoms with E-state index in [1.54, 1.807) is 12.4 Å². The number of imide groups is 1. The molecular formula is C22H26N4O3. The quantitative estimate of drug-likeness (QED) is 0.763. The smallest absolute Gasteiger partial charge is 0.277 e. The number of rotatable bonds is 6. The molecule has 0 atom stereocenters. The Kier molecular flexibility index (Phi) is 6.26. The van der Waals surface area contributed by atoms with E-state index in [4.69, 9.17) is 0 Å². The van der Waals surface area contributed by atoms with Gasteiger partial charge >= 0.3 is 0 Å². The number of imidazole rings is 1. The highest BCUT2D eigenvalue weighted by Gasteiger charge is 2.31. The summed E-state index contributed by atoms with van der Waals surface area (Å²) in [6.07, 6.45) is 5.27. The summed E-state index contributed by atoms with van der Waals surface area (Å²) in [5.74, 6) is -1.17. The molecule has 0 bridgehead atoms. The fourth-order valence-electron chi connectivity index (χ4n) is 3.52. The number of carbonyl (C=O) groups is 3. The first-order chi connectivity index (χ1) is 13.9. The molecule has 1 aromatic heterocycles. The van der Waals surface area contributed by atoms with Crippen LogP contribution in [0, 0.1) is 0 Å². The van der Waals surface area contributed by atoms with Crippen LogP contribution in [0.4, 0.5) is 0 Å². The van der Waals surface area contributed by atoms with Crippen LogP contribution in [-0.2, 0) is 27.3 Å². The van der Waals surface area contributed by atoms with Crippen molar-refractivity contribution >= 4 is 23.8 Å². The van der Waals surface area contributed by atoms with Crippen LogP contribution < -0.4 is 5.32 Å². The molecule has 1 aliphatic heterocycles. The van der Waals surface area contributed by atoms with Gasteiger partial charge in [0.2, 0.25) is 11.8 Å². The van der Waals surface area contributed by atoms with Crippen molar-refractivity contribution in [2.24, 2.45) is 0 Å². The molecule has 1 saturated heterocycles. The van der Waals surface area contributed by atoms with E-state index >= 15 is 0 Å². The highest BCUT2D eigenvalue weighted by atomic mass is 16.2. The predicted octanol–water partition coefficient (Wildman–Crippen LogP) is 2.49. The topological polar surface area (TPSA) is 84.3 Å². The van der Waals surface area contributed by atoms with Gasteiger partial charge in [0.05, 0.1) is 12.0 Å². The molecule has 1 aliphatic rings. The third-order valence-electron chi connectivity index (χ3n) is 4.87. The lowest BCUT2D eigenvalue weighted by molar-refractivity contribution is -0.147. The van der Waals surface area contributed by atoms with Gasteiger partial charge < -0.3 is 9.88 Å². The van der Waals surface area contributed by atoms with Crippen molar-refractivity contribution in [3.63, 3.8) is 0 Å². The van der Waals surface area contributed by atoms with Gasteiger partial charge in [-0.2, -0.15) is 0 Å². The zero-order chi connectivity index (χ0) is 21.0. The maximum atomic E-state index is 12.5. The molecule has 0 radical (unpaired) electrons. The van der Waals surface area contributed by atoms with Crippen LogP contribution in [0.5, 0.6) is 0 Å². The molecule has 2 heterocycles. The molecule has 7 nitrogen and oxygen atoms in total. The lowest BCUT2D eigenvalue weighted by Crippen LogP contribution is -2.51. The van der Waals surface area contributed by atoms with Crippen molar-refractivity contribution in [1.29, 1.82) is 0 Å². The Labute approximate surface area is 170 Å². The number of aromatic nitrogens is 2. The summed E-state index contributed by atoms with van der Waals surface area (Å²) in [5, 5.41) is 2.57. The van der Waals surface area contributed by atoms with E-state index in [1.165, 1.54) is 12.5 Å². The minimum absolute atomic E-state index is 0.0767. The second-order valence-electron chi connectivity index (χ2n) is 7.47. The Balaban J connectivity index is 1.80. The number of aryl methyl sites for hydroxylation is 2. The number of nitrogens with one attached hydrogen (secondary N) is 1. The van der Waals surface area contributed by atoms with Crippen LogP contribution in [0.25, 0.3) is 6.08 Å². The third kappa shape index (κ3) is 4.80. The van der Waals surface area contributed by atoms with Crippen molar-refractivity contribution in [3.8, 4) is 0 Å². The summed E-state index contributed by atoms with van der Waals surface area (Å²) in [5.41, 5.74) is 3.00. The minimum atomic E-state index is -0.509. The number of benzene rings is 1. The molecule has 0 saturated carbocycles. The van der Waals surface area contributed by atoms with Crippen molar-refractivity contribution in [3.05, 3.63) is 59.3 Å². The second-order valence-corrected chi connectivity index (χ2v) is 7.47. The SMILES string of the molecule is CC(=O)N1CC(=O)NC(=Cc2ncn(CCCc3ccccc3)c2C(C)C)C1=O. The monoisotopic (exact) mass is 394 g/mol. The standard InChI is InChI=1S/C22H26N4O3/c1-15(2)21-18(12-19-22(29)26(16(3)27)13-20(28)24-19)23-14-25(21)11-7-10-17-8-5-4-6-9-17/h4-6,8-9,12,14-15H,7,10-11,13H2,1-3H3,(H,24,28). The summed E-state index contributed by atoms with van der Waals surface area (Å²) >= 11 is 0. The van der Waals surface area contributed by atoms with Crippen LogP contribution in [0.1, 0.15) is 50.1 Å². The Morgan fingerprint density at radius 1 is 1.24 bits per heavy atom. The largest absolute Gasteiger partial charge is 0.334 e. The Bertz CT molecular complexity index is 944. The summed E-state index contributed by atoms with van der Waals surface area (Å²) in [4.78, 5) is 41.5. The molecule has 1 aromatic carbocycles. The van der Waals surface area contributed by atoms with Crippen LogP contribution in [-0.4, -0.2) is 38.7 Å². The molecule has 0 aliphatic carbocycles. The second kappa shape index (κ2) is 8.86. The lowest BCUT2D eigenvalue weighted by atomic mass is 10.1. The molecule has 1 fully saturated rings. The molecular weight excluding hydrogens is 368 g/mol. The molecule has 0 unspecified atom stereocenters. The van der Waals surface area contributed by atoms with Crippen molar-refractivity contribution in [2.75, 3.05) is 6.54 Å². The molecule has 2 aromatic rings. The molecule has 3 rings (SSSR count). The Morgan fingerprint density at radius 2 is 1.97 bits per heavy atom. The first kappa shape index (κ1) is 20.5. The van der Waals surface area contributed by atoms with Gasteiger partial charge in [-0.25, -0.2) is 4.98 Å². The normalized spacial score (nSPS) is 15.9. The van der Waals surface area contributed by atoms with E-state index in [-0.39, 0.29) is 24.1 Å². The van der Waals surface area contributed by atoms with Gasteiger partial charge in [-0.1, -0.05) is 44.2 Å². The zero-order valence-corrected chi connectivity index (χ0v) is 17.0. The van der Waals surface area contributed by atoms with E-state index in [0.29, 0.717) is 5.69 Å². The molecule has 3 amide bonds. The van der Waals surface area contributed by atoms with Crippen LogP contribution in [0.2, 0.25) is 0 Å². The van der Waals surface area contributed by atoms with Crippen molar-refractivity contribution < 1.29 is 14.4 Å². The van der Waals surface area contributed by atoms with Gasteiger partial charge in [-0.05, 0) is 30.4 Å². The van der Waals surface area contributed by atoms with Gasteiger partial charge in [0.1, 0.15) is 12.2 Å². The van der Waals surface area contributed by atoms with E-state index in [1.807, 2.05) is 18.2 Å². The number of hydrogen-bond donors (Lipinski definition) is 1. The fourth-order valence-corrected chi connectivity index (χ4v) is 3.52. The summed E-state index contributed by atoms with van der Waals surface area (Å²) in [6.45, 7) is 5.95. The average Bonchev–Trinajstić information content (AvgIpc) is 3.07. The number of nitrogens with zero attached hydrogens (tertiary/aromatic N) is 3.